The van der Waals surface area contributed by atoms with E-state index in [1.165, 1.54) is 5.56 Å². The van der Waals surface area contributed by atoms with Crippen molar-refractivity contribution in [3.8, 4) is 6.07 Å². The van der Waals surface area contributed by atoms with Gasteiger partial charge in [0.15, 0.2) is 0 Å². The Morgan fingerprint density at radius 2 is 1.89 bits per heavy atom. The van der Waals surface area contributed by atoms with Gasteiger partial charge in [0.1, 0.15) is 12.2 Å². The van der Waals surface area contributed by atoms with Gasteiger partial charge in [0.05, 0.1) is 18.0 Å². The lowest BCUT2D eigenvalue weighted by Gasteiger charge is -2.56. The largest absolute Gasteiger partial charge is 0.445 e. The standard InChI is InChI=1S/C29H40N4O4/c1-5-17-36-27(35)33(25-18-24(25)23-9-7-6-8-10-23)19-22-11-15-32(16-12-22)29(13-14-30)20-31(21-29)26(34)37-28(2,3)4/h5-10,22,24-25H,1,11-13,15-21H2,2-4H3/t24-,25+/m0/s1. The van der Waals surface area contributed by atoms with E-state index in [4.69, 9.17) is 9.47 Å². The summed E-state index contributed by atoms with van der Waals surface area (Å²) in [5, 5.41) is 9.52. The number of piperidine rings is 1. The molecule has 200 valence electrons. The molecule has 1 saturated carbocycles. The van der Waals surface area contributed by atoms with E-state index < -0.39 is 5.60 Å². The highest BCUT2D eigenvalue weighted by molar-refractivity contribution is 5.70. The molecule has 0 radical (unpaired) electrons. The number of carbonyl (C=O) groups is 2. The van der Waals surface area contributed by atoms with Crippen LogP contribution in [0.2, 0.25) is 0 Å². The first kappa shape index (κ1) is 27.0. The summed E-state index contributed by atoms with van der Waals surface area (Å²) in [6, 6.07) is 12.9. The van der Waals surface area contributed by atoms with Crippen LogP contribution in [0.25, 0.3) is 0 Å². The van der Waals surface area contributed by atoms with Crippen LogP contribution in [0.4, 0.5) is 9.59 Å². The predicted molar refractivity (Wildman–Crippen MR) is 141 cm³/mol. The molecule has 1 aliphatic carbocycles. The van der Waals surface area contributed by atoms with Crippen LogP contribution in [0, 0.1) is 17.2 Å². The molecule has 0 unspecified atom stereocenters. The van der Waals surface area contributed by atoms with E-state index >= 15 is 0 Å². The van der Waals surface area contributed by atoms with Crippen molar-refractivity contribution in [3.05, 3.63) is 48.6 Å². The molecule has 2 atom stereocenters. The molecule has 3 fully saturated rings. The molecule has 1 aromatic carbocycles. The van der Waals surface area contributed by atoms with E-state index in [2.05, 4.69) is 29.7 Å². The zero-order chi connectivity index (χ0) is 26.6. The van der Waals surface area contributed by atoms with Gasteiger partial charge in [-0.15, -0.1) is 0 Å². The van der Waals surface area contributed by atoms with Gasteiger partial charge in [-0.3, -0.25) is 4.90 Å². The third kappa shape index (κ3) is 6.45. The Morgan fingerprint density at radius 1 is 1.22 bits per heavy atom. The normalized spacial score (nSPS) is 23.4. The average molecular weight is 509 g/mol. The molecule has 1 aromatic rings. The maximum Gasteiger partial charge on any atom is 0.410 e. The van der Waals surface area contributed by atoms with Gasteiger partial charge in [0.2, 0.25) is 0 Å². The molecule has 0 bridgehead atoms. The van der Waals surface area contributed by atoms with E-state index in [-0.39, 0.29) is 30.4 Å². The van der Waals surface area contributed by atoms with Crippen molar-refractivity contribution in [2.24, 2.45) is 5.92 Å². The van der Waals surface area contributed by atoms with Crippen molar-refractivity contribution in [3.63, 3.8) is 0 Å². The summed E-state index contributed by atoms with van der Waals surface area (Å²) in [6.07, 6.45) is 4.24. The highest BCUT2D eigenvalue weighted by atomic mass is 16.6. The number of rotatable bonds is 8. The van der Waals surface area contributed by atoms with Gasteiger partial charge >= 0.3 is 12.2 Å². The van der Waals surface area contributed by atoms with Crippen LogP contribution < -0.4 is 0 Å². The Labute approximate surface area is 220 Å². The van der Waals surface area contributed by atoms with Crippen molar-refractivity contribution < 1.29 is 19.1 Å². The second-order valence-corrected chi connectivity index (χ2v) is 11.7. The van der Waals surface area contributed by atoms with Crippen LogP contribution in [0.3, 0.4) is 0 Å². The third-order valence-corrected chi connectivity index (χ3v) is 7.71. The number of benzene rings is 1. The molecular weight excluding hydrogens is 468 g/mol. The van der Waals surface area contributed by atoms with Crippen molar-refractivity contribution >= 4 is 12.2 Å². The van der Waals surface area contributed by atoms with E-state index in [0.29, 0.717) is 37.9 Å². The molecule has 2 aliphatic heterocycles. The number of nitrogens with zero attached hydrogens (tertiary/aromatic N) is 4. The van der Waals surface area contributed by atoms with E-state index in [1.807, 2.05) is 43.9 Å². The van der Waals surface area contributed by atoms with Crippen LogP contribution in [0.1, 0.15) is 57.9 Å². The van der Waals surface area contributed by atoms with Gasteiger partial charge in [-0.2, -0.15) is 5.26 Å². The third-order valence-electron chi connectivity index (χ3n) is 7.71. The van der Waals surface area contributed by atoms with E-state index in [9.17, 15) is 14.9 Å². The zero-order valence-corrected chi connectivity index (χ0v) is 22.4. The first-order valence-electron chi connectivity index (χ1n) is 13.3. The second-order valence-electron chi connectivity index (χ2n) is 11.7. The monoisotopic (exact) mass is 508 g/mol. The second kappa shape index (κ2) is 11.1. The molecule has 2 heterocycles. The van der Waals surface area contributed by atoms with Crippen LogP contribution in [0.5, 0.6) is 0 Å². The summed E-state index contributed by atoms with van der Waals surface area (Å²) in [5.41, 5.74) is 0.415. The lowest BCUT2D eigenvalue weighted by molar-refractivity contribution is -0.0734. The fourth-order valence-corrected chi connectivity index (χ4v) is 5.70. The molecule has 37 heavy (non-hydrogen) atoms. The number of hydrogen-bond acceptors (Lipinski definition) is 6. The first-order chi connectivity index (χ1) is 17.7. The Bertz CT molecular complexity index is 1000. The molecular formula is C29H40N4O4. The van der Waals surface area contributed by atoms with Gasteiger partial charge in [-0.05, 0) is 64.6 Å². The van der Waals surface area contributed by atoms with Crippen LogP contribution in [0.15, 0.2) is 43.0 Å². The zero-order valence-electron chi connectivity index (χ0n) is 22.4. The molecule has 3 aliphatic rings. The molecule has 0 N–H and O–H groups in total. The molecule has 0 spiro atoms. The maximum atomic E-state index is 13.0. The van der Waals surface area contributed by atoms with Gasteiger partial charge in [-0.25, -0.2) is 9.59 Å². The van der Waals surface area contributed by atoms with Crippen LogP contribution >= 0.6 is 0 Å². The number of amides is 2. The quantitative estimate of drug-likeness (QED) is 0.470. The highest BCUT2D eigenvalue weighted by Gasteiger charge is 2.51. The molecule has 8 heteroatoms. The Hall–Kier alpha value is -3.05. The smallest absolute Gasteiger partial charge is 0.410 e. The van der Waals surface area contributed by atoms with Crippen LogP contribution in [-0.2, 0) is 9.47 Å². The number of nitriles is 1. The van der Waals surface area contributed by atoms with E-state index in [0.717, 1.165) is 32.4 Å². The summed E-state index contributed by atoms with van der Waals surface area (Å²) in [6.45, 7) is 12.8. The number of hydrogen-bond donors (Lipinski definition) is 0. The van der Waals surface area contributed by atoms with Crippen molar-refractivity contribution in [2.45, 2.75) is 69.6 Å². The first-order valence-corrected chi connectivity index (χ1v) is 13.3. The highest BCUT2D eigenvalue weighted by Crippen LogP contribution is 2.45. The van der Waals surface area contributed by atoms with E-state index in [1.54, 1.807) is 11.0 Å². The summed E-state index contributed by atoms with van der Waals surface area (Å²) >= 11 is 0. The molecule has 2 amide bonds. The minimum Gasteiger partial charge on any atom is -0.445 e. The van der Waals surface area contributed by atoms with Crippen molar-refractivity contribution in [1.29, 1.82) is 5.26 Å². The van der Waals surface area contributed by atoms with Gasteiger partial charge in [0.25, 0.3) is 0 Å². The molecule has 2 saturated heterocycles. The topological polar surface area (TPSA) is 86.1 Å². The van der Waals surface area contributed by atoms with Crippen molar-refractivity contribution in [2.75, 3.05) is 39.3 Å². The minimum absolute atomic E-state index is 0.164. The average Bonchev–Trinajstić information content (AvgIpc) is 3.63. The van der Waals surface area contributed by atoms with Crippen molar-refractivity contribution in [1.82, 2.24) is 14.7 Å². The predicted octanol–water partition coefficient (Wildman–Crippen LogP) is 4.78. The minimum atomic E-state index is -0.539. The molecule has 0 aromatic heterocycles. The fourth-order valence-electron chi connectivity index (χ4n) is 5.70. The maximum absolute atomic E-state index is 13.0. The number of ether oxygens (including phenoxy) is 2. The summed E-state index contributed by atoms with van der Waals surface area (Å²) < 4.78 is 11.0. The lowest BCUT2D eigenvalue weighted by Crippen LogP contribution is -2.72. The SMILES string of the molecule is C=CCOC(=O)N(CC1CCN(C2(CC#N)CN(C(=O)OC(C)(C)C)C2)CC1)[C@@H]1C[C@H]1c1ccccc1. The van der Waals surface area contributed by atoms with Gasteiger partial charge in [-0.1, -0.05) is 43.0 Å². The number of carbonyl (C=O) groups excluding carboxylic acids is 2. The summed E-state index contributed by atoms with van der Waals surface area (Å²) in [7, 11) is 0. The fraction of sp³-hybridized carbons (Fsp3) is 0.621. The summed E-state index contributed by atoms with van der Waals surface area (Å²) in [5.74, 6) is 0.719. The molecule has 4 rings (SSSR count). The summed E-state index contributed by atoms with van der Waals surface area (Å²) in [4.78, 5) is 31.4. The van der Waals surface area contributed by atoms with Gasteiger partial charge < -0.3 is 19.3 Å². The molecule has 8 nitrogen and oxygen atoms in total. The number of likely N-dealkylation sites (tertiary alicyclic amines) is 2. The Balaban J connectivity index is 1.34. The Kier molecular flexibility index (Phi) is 8.13. The van der Waals surface area contributed by atoms with Crippen LogP contribution in [-0.4, -0.2) is 83.4 Å². The lowest BCUT2D eigenvalue weighted by atomic mass is 9.82. The Morgan fingerprint density at radius 3 is 2.49 bits per heavy atom. The van der Waals surface area contributed by atoms with Gasteiger partial charge in [0, 0.05) is 31.6 Å².